The molecule has 2 aliphatic heterocycles. The minimum absolute atomic E-state index is 1.08. The third kappa shape index (κ3) is 2.20. The number of nitrogens with one attached hydrogen (secondary N) is 1. The van der Waals surface area contributed by atoms with Gasteiger partial charge in [-0.25, -0.2) is 5.01 Å². The summed E-state index contributed by atoms with van der Waals surface area (Å²) in [6, 6.07) is 0. The molecule has 1 fully saturated rings. The summed E-state index contributed by atoms with van der Waals surface area (Å²) in [7, 11) is 0. The van der Waals surface area contributed by atoms with Crippen molar-refractivity contribution in [1.29, 1.82) is 0 Å². The summed E-state index contributed by atoms with van der Waals surface area (Å²) in [6.45, 7) is 4.31. The molecular formula is C10H15N3. The van der Waals surface area contributed by atoms with E-state index >= 15 is 0 Å². The molecule has 2 heterocycles. The molecular weight excluding hydrogens is 162 g/mol. The zero-order chi connectivity index (χ0) is 8.93. The topological polar surface area (TPSA) is 18.5 Å². The molecule has 0 saturated carbocycles. The number of nitrogens with zero attached hydrogens (tertiary/aromatic N) is 2. The second-order valence-corrected chi connectivity index (χ2v) is 3.15. The quantitative estimate of drug-likeness (QED) is 0.636. The van der Waals surface area contributed by atoms with E-state index in [1.165, 1.54) is 0 Å². The van der Waals surface area contributed by atoms with E-state index in [1.54, 1.807) is 0 Å². The van der Waals surface area contributed by atoms with Crippen LogP contribution in [0.1, 0.15) is 0 Å². The number of piperazine rings is 1. The third-order valence-corrected chi connectivity index (χ3v) is 2.23. The highest BCUT2D eigenvalue weighted by Crippen LogP contribution is 2.04. The monoisotopic (exact) mass is 177 g/mol. The molecule has 0 amide bonds. The average Bonchev–Trinajstić information content (AvgIpc) is 2.47. The summed E-state index contributed by atoms with van der Waals surface area (Å²) < 4.78 is 0. The fourth-order valence-corrected chi connectivity index (χ4v) is 1.53. The van der Waals surface area contributed by atoms with Crippen molar-refractivity contribution in [2.45, 2.75) is 0 Å². The first-order valence-corrected chi connectivity index (χ1v) is 4.72. The Balaban J connectivity index is 1.98. The van der Waals surface area contributed by atoms with Crippen LogP contribution in [0.15, 0.2) is 36.7 Å². The van der Waals surface area contributed by atoms with E-state index in [2.05, 4.69) is 39.9 Å². The van der Waals surface area contributed by atoms with Crippen LogP contribution in [0.5, 0.6) is 0 Å². The molecule has 0 bridgehead atoms. The van der Waals surface area contributed by atoms with Gasteiger partial charge in [0.2, 0.25) is 0 Å². The smallest absolute Gasteiger partial charge is 0.0310 e. The molecule has 0 aromatic carbocycles. The number of hydrazine groups is 1. The van der Waals surface area contributed by atoms with E-state index in [0.29, 0.717) is 0 Å². The van der Waals surface area contributed by atoms with Gasteiger partial charge < -0.3 is 5.32 Å². The van der Waals surface area contributed by atoms with Gasteiger partial charge in [0.15, 0.2) is 0 Å². The second-order valence-electron chi connectivity index (χ2n) is 3.15. The minimum atomic E-state index is 1.08. The van der Waals surface area contributed by atoms with Crippen LogP contribution < -0.4 is 5.32 Å². The van der Waals surface area contributed by atoms with Gasteiger partial charge in [-0.05, 0) is 12.2 Å². The van der Waals surface area contributed by atoms with Crippen LogP contribution in [0.2, 0.25) is 0 Å². The van der Waals surface area contributed by atoms with Crippen molar-refractivity contribution in [3.05, 3.63) is 36.7 Å². The van der Waals surface area contributed by atoms with E-state index in [9.17, 15) is 0 Å². The largest absolute Gasteiger partial charge is 0.314 e. The Labute approximate surface area is 79.0 Å². The zero-order valence-corrected chi connectivity index (χ0v) is 7.69. The molecule has 1 saturated heterocycles. The van der Waals surface area contributed by atoms with Crippen molar-refractivity contribution in [3.8, 4) is 0 Å². The summed E-state index contributed by atoms with van der Waals surface area (Å²) in [5.74, 6) is 0. The normalized spacial score (nSPS) is 23.5. The standard InChI is InChI=1S/C10H15N3/c1-2-4-8-12(7-3-1)13-9-5-11-6-10-13/h1-4,7-8,11H,5-6,9-10H2. The molecule has 13 heavy (non-hydrogen) atoms. The summed E-state index contributed by atoms with van der Waals surface area (Å²) >= 11 is 0. The maximum atomic E-state index is 3.34. The molecule has 1 N–H and O–H groups in total. The highest BCUT2D eigenvalue weighted by atomic mass is 15.6. The lowest BCUT2D eigenvalue weighted by molar-refractivity contribution is 0.0543. The molecule has 0 atom stereocenters. The highest BCUT2D eigenvalue weighted by molar-refractivity contribution is 5.15. The minimum Gasteiger partial charge on any atom is -0.314 e. The van der Waals surface area contributed by atoms with Crippen LogP contribution in [0.25, 0.3) is 0 Å². The molecule has 2 aliphatic rings. The van der Waals surface area contributed by atoms with Gasteiger partial charge in [-0.3, -0.25) is 5.01 Å². The fourth-order valence-electron chi connectivity index (χ4n) is 1.53. The molecule has 3 nitrogen and oxygen atoms in total. The summed E-state index contributed by atoms with van der Waals surface area (Å²) in [5, 5.41) is 7.82. The molecule has 2 rings (SSSR count). The molecule has 0 aromatic rings. The van der Waals surface area contributed by atoms with Crippen molar-refractivity contribution >= 4 is 0 Å². The van der Waals surface area contributed by atoms with Gasteiger partial charge in [0, 0.05) is 38.6 Å². The SMILES string of the molecule is C1=CC=CN(N2CCNCC2)C=C1. The van der Waals surface area contributed by atoms with Crippen LogP contribution >= 0.6 is 0 Å². The van der Waals surface area contributed by atoms with E-state index in [4.69, 9.17) is 0 Å². The fraction of sp³-hybridized carbons (Fsp3) is 0.400. The van der Waals surface area contributed by atoms with Gasteiger partial charge >= 0.3 is 0 Å². The lowest BCUT2D eigenvalue weighted by atomic mass is 10.4. The predicted octanol–water partition coefficient (Wildman–Crippen LogP) is 0.706. The molecule has 0 spiro atoms. The molecule has 0 radical (unpaired) electrons. The first-order valence-electron chi connectivity index (χ1n) is 4.72. The Hall–Kier alpha value is -1.06. The summed E-state index contributed by atoms with van der Waals surface area (Å²) in [5.41, 5.74) is 0. The van der Waals surface area contributed by atoms with Crippen molar-refractivity contribution in [2.75, 3.05) is 26.2 Å². The van der Waals surface area contributed by atoms with Gasteiger partial charge in [0.25, 0.3) is 0 Å². The van der Waals surface area contributed by atoms with Crippen LogP contribution in [-0.4, -0.2) is 36.2 Å². The van der Waals surface area contributed by atoms with Crippen LogP contribution in [0, 0.1) is 0 Å². The number of hydrogen-bond acceptors (Lipinski definition) is 3. The lowest BCUT2D eigenvalue weighted by Gasteiger charge is -2.34. The third-order valence-electron chi connectivity index (χ3n) is 2.23. The van der Waals surface area contributed by atoms with E-state index in [-0.39, 0.29) is 0 Å². The van der Waals surface area contributed by atoms with E-state index < -0.39 is 0 Å². The summed E-state index contributed by atoms with van der Waals surface area (Å²) in [6.07, 6.45) is 12.4. The Morgan fingerprint density at radius 2 is 1.46 bits per heavy atom. The predicted molar refractivity (Wildman–Crippen MR) is 53.7 cm³/mol. The maximum Gasteiger partial charge on any atom is 0.0310 e. The molecule has 0 unspecified atom stereocenters. The van der Waals surface area contributed by atoms with Crippen molar-refractivity contribution in [1.82, 2.24) is 15.3 Å². The van der Waals surface area contributed by atoms with Gasteiger partial charge in [0.1, 0.15) is 0 Å². The average molecular weight is 177 g/mol. The Kier molecular flexibility index (Phi) is 2.79. The summed E-state index contributed by atoms with van der Waals surface area (Å²) in [4.78, 5) is 0. The lowest BCUT2D eigenvalue weighted by Crippen LogP contribution is -2.48. The molecule has 3 heteroatoms. The van der Waals surface area contributed by atoms with E-state index in [1.807, 2.05) is 12.2 Å². The number of rotatable bonds is 1. The molecule has 70 valence electrons. The van der Waals surface area contributed by atoms with E-state index in [0.717, 1.165) is 26.2 Å². The Morgan fingerprint density at radius 3 is 2.08 bits per heavy atom. The Morgan fingerprint density at radius 1 is 0.846 bits per heavy atom. The highest BCUT2D eigenvalue weighted by Gasteiger charge is 2.12. The van der Waals surface area contributed by atoms with Crippen molar-refractivity contribution in [2.24, 2.45) is 0 Å². The second kappa shape index (κ2) is 4.25. The maximum absolute atomic E-state index is 3.34. The number of hydrogen-bond donors (Lipinski definition) is 1. The zero-order valence-electron chi connectivity index (χ0n) is 7.69. The first kappa shape index (κ1) is 8.53. The number of allylic oxidation sites excluding steroid dienone is 4. The first-order chi connectivity index (χ1) is 6.47. The van der Waals surface area contributed by atoms with Gasteiger partial charge in [-0.15, -0.1) is 0 Å². The van der Waals surface area contributed by atoms with Crippen molar-refractivity contribution < 1.29 is 0 Å². The molecule has 0 aliphatic carbocycles. The van der Waals surface area contributed by atoms with Gasteiger partial charge in [0.05, 0.1) is 0 Å². The molecule has 0 aromatic heterocycles. The Bertz CT molecular complexity index is 221. The van der Waals surface area contributed by atoms with Gasteiger partial charge in [-0.1, -0.05) is 12.2 Å². The van der Waals surface area contributed by atoms with Crippen LogP contribution in [-0.2, 0) is 0 Å². The van der Waals surface area contributed by atoms with Crippen LogP contribution in [0.3, 0.4) is 0 Å². The van der Waals surface area contributed by atoms with Gasteiger partial charge in [-0.2, -0.15) is 0 Å². The van der Waals surface area contributed by atoms with Crippen LogP contribution in [0.4, 0.5) is 0 Å². The van der Waals surface area contributed by atoms with Crippen molar-refractivity contribution in [3.63, 3.8) is 0 Å².